The van der Waals surface area contributed by atoms with Crippen molar-refractivity contribution < 1.29 is 14.3 Å². The lowest BCUT2D eigenvalue weighted by atomic mass is 10.2. The van der Waals surface area contributed by atoms with E-state index in [0.717, 1.165) is 0 Å². The molecule has 0 rings (SSSR count). The van der Waals surface area contributed by atoms with Crippen LogP contribution in [-0.4, -0.2) is 24.0 Å². The summed E-state index contributed by atoms with van der Waals surface area (Å²) < 4.78 is 4.96. The van der Waals surface area contributed by atoms with Gasteiger partial charge in [-0.05, 0) is 27.2 Å². The topological polar surface area (TPSA) is 79.2 Å². The second-order valence-corrected chi connectivity index (χ2v) is 4.09. The van der Waals surface area contributed by atoms with Crippen molar-refractivity contribution in [1.82, 2.24) is 5.32 Å². The molecule has 1 amide bonds. The molecular weight excluding hydrogens is 196 g/mol. The molecule has 1 atom stereocenters. The highest BCUT2D eigenvalue weighted by molar-refractivity contribution is 5.73. The van der Waals surface area contributed by atoms with E-state index in [4.69, 9.17) is 10.00 Å². The number of carbonyl (C=O) groups is 2. The van der Waals surface area contributed by atoms with Crippen molar-refractivity contribution in [1.29, 1.82) is 5.26 Å². The zero-order chi connectivity index (χ0) is 11.9. The van der Waals surface area contributed by atoms with Crippen LogP contribution in [0.5, 0.6) is 0 Å². The lowest BCUT2D eigenvalue weighted by Gasteiger charge is -2.21. The van der Waals surface area contributed by atoms with Crippen LogP contribution < -0.4 is 5.32 Å². The molecule has 0 aliphatic carbocycles. The summed E-state index contributed by atoms with van der Waals surface area (Å²) in [5.41, 5.74) is -0.591. The van der Waals surface area contributed by atoms with Crippen molar-refractivity contribution in [3.63, 3.8) is 0 Å². The van der Waals surface area contributed by atoms with Gasteiger partial charge < -0.3 is 14.8 Å². The van der Waals surface area contributed by atoms with E-state index >= 15 is 0 Å². The van der Waals surface area contributed by atoms with Gasteiger partial charge in [0, 0.05) is 6.42 Å². The van der Waals surface area contributed by atoms with Crippen molar-refractivity contribution >= 4 is 12.4 Å². The van der Waals surface area contributed by atoms with Crippen LogP contribution >= 0.6 is 0 Å². The van der Waals surface area contributed by atoms with Crippen molar-refractivity contribution in [2.75, 3.05) is 0 Å². The average Bonchev–Trinajstić information content (AvgIpc) is 2.09. The number of amides is 1. The number of ether oxygens (including phenoxy) is 1. The van der Waals surface area contributed by atoms with Crippen molar-refractivity contribution in [2.45, 2.75) is 45.3 Å². The second-order valence-electron chi connectivity index (χ2n) is 4.09. The Morgan fingerprint density at radius 3 is 2.60 bits per heavy atom. The molecule has 0 aromatic rings. The van der Waals surface area contributed by atoms with Gasteiger partial charge >= 0.3 is 6.09 Å². The minimum atomic E-state index is -0.653. The van der Waals surface area contributed by atoms with Gasteiger partial charge in [0.2, 0.25) is 0 Å². The Morgan fingerprint density at radius 2 is 2.20 bits per heavy atom. The molecule has 0 saturated heterocycles. The van der Waals surface area contributed by atoms with Crippen LogP contribution in [0.15, 0.2) is 0 Å². The lowest BCUT2D eigenvalue weighted by Crippen LogP contribution is -2.39. The van der Waals surface area contributed by atoms with E-state index in [-0.39, 0.29) is 6.42 Å². The van der Waals surface area contributed by atoms with Gasteiger partial charge in [-0.15, -0.1) is 0 Å². The van der Waals surface area contributed by atoms with Crippen LogP contribution in [0.25, 0.3) is 0 Å². The number of nitriles is 1. The van der Waals surface area contributed by atoms with E-state index in [0.29, 0.717) is 12.7 Å². The maximum atomic E-state index is 11.2. The maximum Gasteiger partial charge on any atom is 0.408 e. The highest BCUT2D eigenvalue weighted by Crippen LogP contribution is 2.07. The van der Waals surface area contributed by atoms with E-state index in [2.05, 4.69) is 5.32 Å². The number of nitrogens with one attached hydrogen (secondary N) is 1. The fraction of sp³-hybridized carbons (Fsp3) is 0.700. The first-order valence-corrected chi connectivity index (χ1v) is 4.71. The number of hydrogen-bond acceptors (Lipinski definition) is 4. The van der Waals surface area contributed by atoms with Gasteiger partial charge in [0.15, 0.2) is 0 Å². The first kappa shape index (κ1) is 13.4. The van der Waals surface area contributed by atoms with E-state index < -0.39 is 17.7 Å². The van der Waals surface area contributed by atoms with Crippen LogP contribution in [0.4, 0.5) is 4.79 Å². The zero-order valence-corrected chi connectivity index (χ0v) is 9.24. The predicted octanol–water partition coefficient (Wildman–Crippen LogP) is 1.38. The van der Waals surface area contributed by atoms with Crippen LogP contribution in [0.2, 0.25) is 0 Å². The standard InChI is InChI=1S/C10H16N2O3/c1-10(2,3)15-9(14)12-8(7-13)5-4-6-11/h7-8H,4-5H2,1-3H3,(H,12,14). The number of nitrogens with zero attached hydrogens (tertiary/aromatic N) is 1. The molecular formula is C10H16N2O3. The Bertz CT molecular complexity index is 263. The molecule has 0 aromatic heterocycles. The van der Waals surface area contributed by atoms with Crippen molar-refractivity contribution in [2.24, 2.45) is 0 Å². The zero-order valence-electron chi connectivity index (χ0n) is 9.24. The monoisotopic (exact) mass is 212 g/mol. The highest BCUT2D eigenvalue weighted by Gasteiger charge is 2.18. The van der Waals surface area contributed by atoms with Crippen molar-refractivity contribution in [3.05, 3.63) is 0 Å². The Morgan fingerprint density at radius 1 is 1.60 bits per heavy atom. The summed E-state index contributed by atoms with van der Waals surface area (Å²) in [5.74, 6) is 0. The summed E-state index contributed by atoms with van der Waals surface area (Å²) in [6.45, 7) is 5.20. The van der Waals surface area contributed by atoms with Gasteiger partial charge in [-0.3, -0.25) is 0 Å². The molecule has 5 nitrogen and oxygen atoms in total. The molecule has 1 unspecified atom stereocenters. The molecule has 0 saturated carbocycles. The average molecular weight is 212 g/mol. The molecule has 0 radical (unpaired) electrons. The van der Waals surface area contributed by atoms with Gasteiger partial charge in [-0.1, -0.05) is 0 Å². The predicted molar refractivity (Wildman–Crippen MR) is 54.1 cm³/mol. The summed E-state index contributed by atoms with van der Waals surface area (Å²) in [5, 5.41) is 10.7. The summed E-state index contributed by atoms with van der Waals surface area (Å²) >= 11 is 0. The Balaban J connectivity index is 4.03. The van der Waals surface area contributed by atoms with Gasteiger partial charge in [-0.2, -0.15) is 5.26 Å². The third kappa shape index (κ3) is 7.50. The molecule has 0 heterocycles. The molecule has 84 valence electrons. The minimum absolute atomic E-state index is 0.221. The Labute approximate surface area is 89.4 Å². The summed E-state index contributed by atoms with van der Waals surface area (Å²) in [6, 6.07) is 1.25. The first-order chi connectivity index (χ1) is 6.89. The maximum absolute atomic E-state index is 11.2. The van der Waals surface area contributed by atoms with E-state index in [1.165, 1.54) is 0 Å². The number of carbonyl (C=O) groups excluding carboxylic acids is 2. The molecule has 0 aliphatic heterocycles. The van der Waals surface area contributed by atoms with E-state index in [1.807, 2.05) is 6.07 Å². The second kappa shape index (κ2) is 6.02. The fourth-order valence-electron chi connectivity index (χ4n) is 0.853. The summed E-state index contributed by atoms with van der Waals surface area (Å²) in [6.07, 6.45) is 0.484. The molecule has 15 heavy (non-hydrogen) atoms. The van der Waals surface area contributed by atoms with Crippen LogP contribution in [0.3, 0.4) is 0 Å². The van der Waals surface area contributed by atoms with Crippen molar-refractivity contribution in [3.8, 4) is 6.07 Å². The molecule has 0 aliphatic rings. The molecule has 0 fully saturated rings. The fourth-order valence-corrected chi connectivity index (χ4v) is 0.853. The molecule has 0 spiro atoms. The van der Waals surface area contributed by atoms with Gasteiger partial charge in [0.1, 0.15) is 11.9 Å². The van der Waals surface area contributed by atoms with Crippen LogP contribution in [0.1, 0.15) is 33.6 Å². The van der Waals surface area contributed by atoms with Gasteiger partial charge in [0.05, 0.1) is 12.1 Å². The minimum Gasteiger partial charge on any atom is -0.444 e. The van der Waals surface area contributed by atoms with E-state index in [1.54, 1.807) is 20.8 Å². The SMILES string of the molecule is CC(C)(C)OC(=O)NC(C=O)CCC#N. The number of rotatable bonds is 4. The largest absolute Gasteiger partial charge is 0.444 e. The normalized spacial score (nSPS) is 12.4. The molecule has 5 heteroatoms. The smallest absolute Gasteiger partial charge is 0.408 e. The quantitative estimate of drug-likeness (QED) is 0.714. The van der Waals surface area contributed by atoms with Crippen LogP contribution in [-0.2, 0) is 9.53 Å². The third-order valence-electron chi connectivity index (χ3n) is 1.43. The summed E-state index contributed by atoms with van der Waals surface area (Å²) in [4.78, 5) is 21.7. The molecule has 1 N–H and O–H groups in total. The lowest BCUT2D eigenvalue weighted by molar-refractivity contribution is -0.109. The van der Waals surface area contributed by atoms with Gasteiger partial charge in [0.25, 0.3) is 0 Å². The highest BCUT2D eigenvalue weighted by atomic mass is 16.6. The number of alkyl carbamates (subject to hydrolysis) is 1. The first-order valence-electron chi connectivity index (χ1n) is 4.71. The van der Waals surface area contributed by atoms with E-state index in [9.17, 15) is 9.59 Å². The Hall–Kier alpha value is -1.57. The van der Waals surface area contributed by atoms with Crippen LogP contribution in [0, 0.1) is 11.3 Å². The third-order valence-corrected chi connectivity index (χ3v) is 1.43. The summed E-state index contributed by atoms with van der Waals surface area (Å²) in [7, 11) is 0. The number of hydrogen-bond donors (Lipinski definition) is 1. The molecule has 0 bridgehead atoms. The molecule has 0 aromatic carbocycles. The van der Waals surface area contributed by atoms with Gasteiger partial charge in [-0.25, -0.2) is 4.79 Å². The Kier molecular flexibility index (Phi) is 5.39. The number of aldehydes is 1.